The van der Waals surface area contributed by atoms with Crippen LogP contribution < -0.4 is 5.32 Å². The van der Waals surface area contributed by atoms with Gasteiger partial charge in [-0.3, -0.25) is 4.79 Å². The number of aryl methyl sites for hydroxylation is 1. The van der Waals surface area contributed by atoms with Crippen molar-refractivity contribution in [1.29, 1.82) is 0 Å². The van der Waals surface area contributed by atoms with Gasteiger partial charge in [-0.2, -0.15) is 0 Å². The Morgan fingerprint density at radius 2 is 2.10 bits per heavy atom. The highest BCUT2D eigenvalue weighted by molar-refractivity contribution is 6.17. The fraction of sp³-hybridized carbons (Fsp3) is 0.467. The summed E-state index contributed by atoms with van der Waals surface area (Å²) in [7, 11) is 0. The maximum Gasteiger partial charge on any atom is 0.243 e. The molecule has 1 atom stereocenters. The van der Waals surface area contributed by atoms with Crippen molar-refractivity contribution in [3.8, 4) is 0 Å². The molecule has 0 aliphatic carbocycles. The van der Waals surface area contributed by atoms with E-state index in [1.165, 1.54) is 0 Å². The van der Waals surface area contributed by atoms with Gasteiger partial charge in [-0.25, -0.2) is 4.98 Å². The number of nitrogens with zero attached hydrogens (tertiary/aromatic N) is 2. The topological polar surface area (TPSA) is 46.9 Å². The van der Waals surface area contributed by atoms with Crippen molar-refractivity contribution in [2.45, 2.75) is 45.7 Å². The van der Waals surface area contributed by atoms with Crippen LogP contribution in [-0.4, -0.2) is 21.5 Å². The average molecular weight is 294 g/mol. The predicted molar refractivity (Wildman–Crippen MR) is 82.0 cm³/mol. The van der Waals surface area contributed by atoms with Gasteiger partial charge in [0.2, 0.25) is 5.91 Å². The lowest BCUT2D eigenvalue weighted by molar-refractivity contribution is -0.124. The number of carbonyl (C=O) groups excluding carboxylic acids is 1. The van der Waals surface area contributed by atoms with Crippen LogP contribution in [-0.2, 0) is 10.7 Å². The van der Waals surface area contributed by atoms with Crippen LogP contribution in [0.15, 0.2) is 18.2 Å². The molecule has 0 saturated carbocycles. The van der Waals surface area contributed by atoms with E-state index in [4.69, 9.17) is 11.6 Å². The number of rotatable bonds is 4. The van der Waals surface area contributed by atoms with E-state index in [0.29, 0.717) is 0 Å². The van der Waals surface area contributed by atoms with E-state index in [2.05, 4.69) is 10.3 Å². The van der Waals surface area contributed by atoms with Crippen molar-refractivity contribution in [3.05, 3.63) is 29.6 Å². The fourth-order valence-electron chi connectivity index (χ4n) is 2.30. The van der Waals surface area contributed by atoms with Crippen molar-refractivity contribution < 1.29 is 4.79 Å². The summed E-state index contributed by atoms with van der Waals surface area (Å²) in [5.74, 6) is 0.985. The lowest BCUT2D eigenvalue weighted by Crippen LogP contribution is -2.36. The zero-order chi connectivity index (χ0) is 14.9. The van der Waals surface area contributed by atoms with Crippen LogP contribution in [0.25, 0.3) is 11.0 Å². The maximum absolute atomic E-state index is 12.2. The quantitative estimate of drug-likeness (QED) is 0.880. The Balaban J connectivity index is 2.50. The molecule has 1 amide bonds. The number of benzene rings is 1. The van der Waals surface area contributed by atoms with Gasteiger partial charge in [-0.05, 0) is 45.4 Å². The molecule has 0 bridgehead atoms. The summed E-state index contributed by atoms with van der Waals surface area (Å²) >= 11 is 5.98. The molecule has 4 nitrogen and oxygen atoms in total. The zero-order valence-electron chi connectivity index (χ0n) is 12.3. The third kappa shape index (κ3) is 2.80. The van der Waals surface area contributed by atoms with Gasteiger partial charge < -0.3 is 9.88 Å². The molecule has 2 rings (SSSR count). The van der Waals surface area contributed by atoms with Crippen LogP contribution in [0.5, 0.6) is 0 Å². The molecule has 0 aliphatic heterocycles. The number of carbonyl (C=O) groups is 1. The second-order valence-corrected chi connectivity index (χ2v) is 5.63. The summed E-state index contributed by atoms with van der Waals surface area (Å²) in [6, 6.07) is 5.79. The minimum atomic E-state index is -0.335. The van der Waals surface area contributed by atoms with E-state index in [0.717, 1.165) is 22.4 Å². The Labute approximate surface area is 124 Å². The summed E-state index contributed by atoms with van der Waals surface area (Å²) < 4.78 is 1.92. The van der Waals surface area contributed by atoms with Crippen LogP contribution in [0.3, 0.4) is 0 Å². The predicted octanol–water partition coefficient (Wildman–Crippen LogP) is 3.17. The monoisotopic (exact) mass is 293 g/mol. The molecule has 1 aromatic carbocycles. The normalized spacial score (nSPS) is 12.9. The first kappa shape index (κ1) is 14.9. The van der Waals surface area contributed by atoms with Crippen molar-refractivity contribution >= 4 is 28.5 Å². The number of hydrogen-bond donors (Lipinski definition) is 1. The fourth-order valence-corrected chi connectivity index (χ4v) is 2.49. The van der Waals surface area contributed by atoms with Gasteiger partial charge in [0.1, 0.15) is 11.9 Å². The number of hydrogen-bond acceptors (Lipinski definition) is 2. The van der Waals surface area contributed by atoms with Crippen LogP contribution in [0.4, 0.5) is 0 Å². The molecule has 0 spiro atoms. The minimum Gasteiger partial charge on any atom is -0.352 e. The molecule has 0 radical (unpaired) electrons. The summed E-state index contributed by atoms with van der Waals surface area (Å²) in [5.41, 5.74) is 2.96. The second-order valence-electron chi connectivity index (χ2n) is 5.36. The third-order valence-corrected chi connectivity index (χ3v) is 3.47. The Morgan fingerprint density at radius 3 is 2.70 bits per heavy atom. The van der Waals surface area contributed by atoms with Crippen molar-refractivity contribution in [3.63, 3.8) is 0 Å². The summed E-state index contributed by atoms with van der Waals surface area (Å²) in [6.45, 7) is 7.79. The van der Waals surface area contributed by atoms with E-state index < -0.39 is 0 Å². The highest BCUT2D eigenvalue weighted by atomic mass is 35.5. The van der Waals surface area contributed by atoms with E-state index in [9.17, 15) is 4.79 Å². The molecule has 1 N–H and O–H groups in total. The average Bonchev–Trinajstić information content (AvgIpc) is 2.74. The Kier molecular flexibility index (Phi) is 4.33. The number of halogens is 1. The summed E-state index contributed by atoms with van der Waals surface area (Å²) in [4.78, 5) is 16.8. The lowest BCUT2D eigenvalue weighted by atomic mass is 10.2. The molecular weight excluding hydrogens is 274 g/mol. The maximum atomic E-state index is 12.2. The van der Waals surface area contributed by atoms with Crippen LogP contribution in [0, 0.1) is 6.92 Å². The van der Waals surface area contributed by atoms with Gasteiger partial charge in [0.05, 0.1) is 16.9 Å². The van der Waals surface area contributed by atoms with Crippen molar-refractivity contribution in [2.75, 3.05) is 0 Å². The molecule has 108 valence electrons. The molecule has 1 aromatic heterocycles. The first-order valence-corrected chi connectivity index (χ1v) is 7.31. The number of nitrogens with one attached hydrogen (secondary N) is 1. The molecule has 5 heteroatoms. The standard InChI is InChI=1S/C15H20ClN3O/c1-9(2)17-15(20)11(4)19-13-7-10(3)5-6-12(13)18-14(19)8-16/h5-7,9,11H,8H2,1-4H3,(H,17,20). The lowest BCUT2D eigenvalue weighted by Gasteiger charge is -2.18. The molecule has 1 unspecified atom stereocenters. The van der Waals surface area contributed by atoms with Crippen LogP contribution >= 0.6 is 11.6 Å². The minimum absolute atomic E-state index is 0.0211. The molecule has 2 aromatic rings. The first-order valence-electron chi connectivity index (χ1n) is 6.77. The number of aromatic nitrogens is 2. The molecule has 0 saturated heterocycles. The van der Waals surface area contributed by atoms with Gasteiger partial charge in [-0.1, -0.05) is 6.07 Å². The molecule has 0 aliphatic rings. The Bertz CT molecular complexity index is 633. The largest absolute Gasteiger partial charge is 0.352 e. The number of fused-ring (bicyclic) bond motifs is 1. The first-order chi connectivity index (χ1) is 9.43. The molecule has 20 heavy (non-hydrogen) atoms. The van der Waals surface area contributed by atoms with E-state index in [1.807, 2.05) is 50.5 Å². The van der Waals surface area contributed by atoms with Gasteiger partial charge in [0, 0.05) is 6.04 Å². The zero-order valence-corrected chi connectivity index (χ0v) is 13.0. The smallest absolute Gasteiger partial charge is 0.243 e. The van der Waals surface area contributed by atoms with Crippen LogP contribution in [0.2, 0.25) is 0 Å². The third-order valence-electron chi connectivity index (χ3n) is 3.24. The second kappa shape index (κ2) is 5.83. The number of amides is 1. The summed E-state index contributed by atoms with van der Waals surface area (Å²) in [5, 5.41) is 2.93. The molecular formula is C15H20ClN3O. The van der Waals surface area contributed by atoms with E-state index >= 15 is 0 Å². The number of imidazole rings is 1. The van der Waals surface area contributed by atoms with Crippen molar-refractivity contribution in [1.82, 2.24) is 14.9 Å². The molecule has 0 fully saturated rings. The SMILES string of the molecule is Cc1ccc2nc(CCl)n(C(C)C(=O)NC(C)C)c2c1. The highest BCUT2D eigenvalue weighted by Crippen LogP contribution is 2.23. The highest BCUT2D eigenvalue weighted by Gasteiger charge is 2.21. The van der Waals surface area contributed by atoms with E-state index in [1.54, 1.807) is 0 Å². The van der Waals surface area contributed by atoms with Gasteiger partial charge >= 0.3 is 0 Å². The van der Waals surface area contributed by atoms with Crippen molar-refractivity contribution in [2.24, 2.45) is 0 Å². The Morgan fingerprint density at radius 1 is 1.40 bits per heavy atom. The molecule has 1 heterocycles. The van der Waals surface area contributed by atoms with Gasteiger partial charge in [-0.15, -0.1) is 11.6 Å². The van der Waals surface area contributed by atoms with Gasteiger partial charge in [0.25, 0.3) is 0 Å². The van der Waals surface area contributed by atoms with Gasteiger partial charge in [0.15, 0.2) is 0 Å². The van der Waals surface area contributed by atoms with Crippen LogP contribution in [0.1, 0.15) is 38.2 Å². The Hall–Kier alpha value is -1.55. The number of alkyl halides is 1. The summed E-state index contributed by atoms with van der Waals surface area (Å²) in [6.07, 6.45) is 0. The van der Waals surface area contributed by atoms with E-state index in [-0.39, 0.29) is 23.9 Å².